The number of benzene rings is 2. The summed E-state index contributed by atoms with van der Waals surface area (Å²) in [5.74, 6) is 0. The van der Waals surface area contributed by atoms with Gasteiger partial charge in [0.25, 0.3) is 0 Å². The van der Waals surface area contributed by atoms with Gasteiger partial charge in [-0.15, -0.1) is 0 Å². The summed E-state index contributed by atoms with van der Waals surface area (Å²) in [5, 5.41) is 8.92. The van der Waals surface area contributed by atoms with Crippen LogP contribution in [0, 0.1) is 0 Å². The summed E-state index contributed by atoms with van der Waals surface area (Å²) < 4.78 is 3.92. The van der Waals surface area contributed by atoms with Crippen molar-refractivity contribution >= 4 is 0 Å². The van der Waals surface area contributed by atoms with E-state index in [-0.39, 0.29) is 0 Å². The molecule has 4 heteroatoms. The Morgan fingerprint density at radius 3 is 1.42 bits per heavy atom. The molecular formula is C20H18N4. The summed E-state index contributed by atoms with van der Waals surface area (Å²) in [5.41, 5.74) is 4.66. The molecule has 0 aliphatic heterocycles. The second-order valence-corrected chi connectivity index (χ2v) is 5.82. The predicted octanol–water partition coefficient (Wildman–Crippen LogP) is 3.84. The number of hydrogen-bond donors (Lipinski definition) is 0. The highest BCUT2D eigenvalue weighted by molar-refractivity contribution is 5.59. The first-order valence-corrected chi connectivity index (χ1v) is 8.00. The van der Waals surface area contributed by atoms with Crippen molar-refractivity contribution in [2.45, 2.75) is 13.1 Å². The van der Waals surface area contributed by atoms with Crippen molar-refractivity contribution < 1.29 is 0 Å². The third kappa shape index (κ3) is 3.27. The largest absolute Gasteiger partial charge is 0.268 e. The van der Waals surface area contributed by atoms with Crippen LogP contribution in [0.5, 0.6) is 0 Å². The number of nitrogens with zero attached hydrogens (tertiary/aromatic N) is 4. The lowest BCUT2D eigenvalue weighted by Gasteiger charge is -2.01. The normalized spacial score (nSPS) is 10.8. The smallest absolute Gasteiger partial charge is 0.0659 e. The fourth-order valence-corrected chi connectivity index (χ4v) is 2.74. The Balaban J connectivity index is 1.49. The first-order chi connectivity index (χ1) is 11.9. The van der Waals surface area contributed by atoms with Crippen molar-refractivity contribution in [2.24, 2.45) is 0 Å². The second-order valence-electron chi connectivity index (χ2n) is 5.82. The summed E-state index contributed by atoms with van der Waals surface area (Å²) in [6.07, 6.45) is 7.92. The van der Waals surface area contributed by atoms with Crippen LogP contribution in [0.3, 0.4) is 0 Å². The molecule has 0 aliphatic carbocycles. The zero-order valence-electron chi connectivity index (χ0n) is 13.3. The van der Waals surface area contributed by atoms with Crippen LogP contribution in [0.25, 0.3) is 11.1 Å². The van der Waals surface area contributed by atoms with Gasteiger partial charge in [-0.3, -0.25) is 9.36 Å². The van der Waals surface area contributed by atoms with Crippen LogP contribution in [0.1, 0.15) is 11.1 Å². The molecule has 118 valence electrons. The molecule has 0 saturated carbocycles. The van der Waals surface area contributed by atoms with E-state index in [1.807, 2.05) is 58.2 Å². The van der Waals surface area contributed by atoms with Gasteiger partial charge in [-0.1, -0.05) is 60.7 Å². The maximum atomic E-state index is 4.46. The minimum atomic E-state index is 0.777. The summed E-state index contributed by atoms with van der Waals surface area (Å²) >= 11 is 0. The minimum absolute atomic E-state index is 0.777. The van der Waals surface area contributed by atoms with E-state index in [4.69, 9.17) is 0 Å². The zero-order chi connectivity index (χ0) is 16.2. The molecule has 4 rings (SSSR count). The fourth-order valence-electron chi connectivity index (χ4n) is 2.74. The van der Waals surface area contributed by atoms with Gasteiger partial charge >= 0.3 is 0 Å². The van der Waals surface area contributed by atoms with E-state index in [1.165, 1.54) is 11.1 Å². The Bertz CT molecular complexity index is 829. The summed E-state index contributed by atoms with van der Waals surface area (Å²) in [6, 6.07) is 20.7. The van der Waals surface area contributed by atoms with Crippen molar-refractivity contribution in [1.29, 1.82) is 0 Å². The SMILES string of the molecule is c1ccc(Cn2cc(-c3cnn(Cc4ccccc4)c3)cn2)cc1. The molecule has 0 bridgehead atoms. The molecule has 4 aromatic rings. The number of aromatic nitrogens is 4. The van der Waals surface area contributed by atoms with E-state index < -0.39 is 0 Å². The van der Waals surface area contributed by atoms with Crippen LogP contribution in [0.15, 0.2) is 85.5 Å². The van der Waals surface area contributed by atoms with Crippen molar-refractivity contribution in [3.8, 4) is 11.1 Å². The molecule has 0 amide bonds. The standard InChI is InChI=1S/C20H18N4/c1-3-7-17(8-4-1)13-23-15-19(11-21-23)20-12-22-24(16-20)14-18-9-5-2-6-10-18/h1-12,15-16H,13-14H2. The number of hydrogen-bond acceptors (Lipinski definition) is 2. The van der Waals surface area contributed by atoms with Gasteiger partial charge in [0.05, 0.1) is 25.5 Å². The van der Waals surface area contributed by atoms with Gasteiger partial charge in [0.15, 0.2) is 0 Å². The van der Waals surface area contributed by atoms with Gasteiger partial charge in [-0.05, 0) is 11.1 Å². The Hall–Kier alpha value is -3.14. The molecule has 2 heterocycles. The van der Waals surface area contributed by atoms with E-state index in [0.29, 0.717) is 0 Å². The first kappa shape index (κ1) is 14.5. The monoisotopic (exact) mass is 314 g/mol. The molecule has 4 nitrogen and oxygen atoms in total. The summed E-state index contributed by atoms with van der Waals surface area (Å²) in [4.78, 5) is 0. The van der Waals surface area contributed by atoms with Gasteiger partial charge in [0.1, 0.15) is 0 Å². The highest BCUT2D eigenvalue weighted by atomic mass is 15.3. The lowest BCUT2D eigenvalue weighted by molar-refractivity contribution is 0.686. The highest BCUT2D eigenvalue weighted by Gasteiger charge is 2.06. The van der Waals surface area contributed by atoms with E-state index in [1.54, 1.807) is 0 Å². The second kappa shape index (κ2) is 6.54. The van der Waals surface area contributed by atoms with Crippen LogP contribution in [-0.4, -0.2) is 19.6 Å². The van der Waals surface area contributed by atoms with Gasteiger partial charge in [0.2, 0.25) is 0 Å². The molecule has 2 aromatic heterocycles. The summed E-state index contributed by atoms with van der Waals surface area (Å²) in [6.45, 7) is 1.55. The van der Waals surface area contributed by atoms with Gasteiger partial charge in [-0.2, -0.15) is 10.2 Å². The molecule has 24 heavy (non-hydrogen) atoms. The van der Waals surface area contributed by atoms with E-state index in [2.05, 4.69) is 46.9 Å². The maximum Gasteiger partial charge on any atom is 0.0659 e. The van der Waals surface area contributed by atoms with Crippen molar-refractivity contribution in [1.82, 2.24) is 19.6 Å². The van der Waals surface area contributed by atoms with Crippen molar-refractivity contribution in [3.63, 3.8) is 0 Å². The Morgan fingerprint density at radius 1 is 0.583 bits per heavy atom. The number of rotatable bonds is 5. The maximum absolute atomic E-state index is 4.46. The van der Waals surface area contributed by atoms with Crippen LogP contribution in [0.4, 0.5) is 0 Å². The molecule has 0 N–H and O–H groups in total. The zero-order valence-corrected chi connectivity index (χ0v) is 13.3. The van der Waals surface area contributed by atoms with Crippen LogP contribution < -0.4 is 0 Å². The molecule has 2 aromatic carbocycles. The van der Waals surface area contributed by atoms with Crippen LogP contribution in [-0.2, 0) is 13.1 Å². The third-order valence-corrected chi connectivity index (χ3v) is 3.97. The summed E-state index contributed by atoms with van der Waals surface area (Å²) in [7, 11) is 0. The van der Waals surface area contributed by atoms with E-state index >= 15 is 0 Å². The van der Waals surface area contributed by atoms with Gasteiger partial charge in [0, 0.05) is 23.5 Å². The molecule has 0 saturated heterocycles. The third-order valence-electron chi connectivity index (χ3n) is 3.97. The predicted molar refractivity (Wildman–Crippen MR) is 94.5 cm³/mol. The Morgan fingerprint density at radius 2 is 1.00 bits per heavy atom. The average Bonchev–Trinajstić information content (AvgIpc) is 3.26. The Kier molecular flexibility index (Phi) is 3.94. The molecule has 0 atom stereocenters. The molecule has 0 radical (unpaired) electrons. The molecule has 0 unspecified atom stereocenters. The van der Waals surface area contributed by atoms with Crippen molar-refractivity contribution in [2.75, 3.05) is 0 Å². The molecular weight excluding hydrogens is 296 g/mol. The van der Waals surface area contributed by atoms with Crippen LogP contribution >= 0.6 is 0 Å². The average molecular weight is 314 g/mol. The fraction of sp³-hybridized carbons (Fsp3) is 0.100. The van der Waals surface area contributed by atoms with Gasteiger partial charge in [-0.25, -0.2) is 0 Å². The molecule has 0 fully saturated rings. The van der Waals surface area contributed by atoms with Crippen LogP contribution in [0.2, 0.25) is 0 Å². The Labute approximate surface area is 141 Å². The van der Waals surface area contributed by atoms with E-state index in [0.717, 1.165) is 24.2 Å². The quantitative estimate of drug-likeness (QED) is 0.561. The lowest BCUT2D eigenvalue weighted by Crippen LogP contribution is -1.99. The minimum Gasteiger partial charge on any atom is -0.268 e. The molecule has 0 spiro atoms. The molecule has 0 aliphatic rings. The topological polar surface area (TPSA) is 35.6 Å². The highest BCUT2D eigenvalue weighted by Crippen LogP contribution is 2.18. The van der Waals surface area contributed by atoms with Gasteiger partial charge < -0.3 is 0 Å². The lowest BCUT2D eigenvalue weighted by atomic mass is 10.2. The van der Waals surface area contributed by atoms with E-state index in [9.17, 15) is 0 Å². The first-order valence-electron chi connectivity index (χ1n) is 8.00. The van der Waals surface area contributed by atoms with Crippen molar-refractivity contribution in [3.05, 3.63) is 96.6 Å².